The van der Waals surface area contributed by atoms with Gasteiger partial charge in [-0.25, -0.2) is 0 Å². The monoisotopic (exact) mass is 237 g/mol. The molecule has 0 aliphatic rings. The third-order valence-corrected chi connectivity index (χ3v) is 2.30. The topological polar surface area (TPSA) is 58.6 Å². The van der Waals surface area contributed by atoms with Crippen LogP contribution in [0, 0.1) is 0 Å². The molecule has 1 rings (SSSR count). The van der Waals surface area contributed by atoms with Gasteiger partial charge in [0, 0.05) is 18.7 Å². The van der Waals surface area contributed by atoms with E-state index < -0.39 is 0 Å². The summed E-state index contributed by atoms with van der Waals surface area (Å²) >= 11 is 0. The third kappa shape index (κ3) is 4.87. The van der Waals surface area contributed by atoms with E-state index in [0.717, 1.165) is 12.2 Å². The van der Waals surface area contributed by atoms with Crippen LogP contribution in [0.15, 0.2) is 24.3 Å². The fourth-order valence-electron chi connectivity index (χ4n) is 1.41. The normalized spacial score (nSPS) is 10.0. The summed E-state index contributed by atoms with van der Waals surface area (Å²) in [7, 11) is 0. The molecule has 1 amide bonds. The average molecular weight is 237 g/mol. The van der Waals surface area contributed by atoms with Gasteiger partial charge in [-0.3, -0.25) is 4.79 Å². The first-order chi connectivity index (χ1) is 8.27. The number of aliphatic hydroxyl groups excluding tert-OH is 1. The molecule has 0 aliphatic carbocycles. The molecular formula is C13H19NO3. The summed E-state index contributed by atoms with van der Waals surface area (Å²) in [4.78, 5) is 11.7. The molecule has 0 aliphatic heterocycles. The number of hydrogen-bond donors (Lipinski definition) is 2. The molecule has 0 aromatic heterocycles. The second-order valence-corrected chi connectivity index (χ2v) is 3.64. The van der Waals surface area contributed by atoms with Crippen molar-refractivity contribution in [2.75, 3.05) is 19.8 Å². The van der Waals surface area contributed by atoms with Gasteiger partial charge < -0.3 is 15.2 Å². The minimum absolute atomic E-state index is 0.0917. The van der Waals surface area contributed by atoms with Crippen LogP contribution in [0.2, 0.25) is 0 Å². The number of carbonyl (C=O) groups excluding carboxylic acids is 1. The van der Waals surface area contributed by atoms with E-state index in [-0.39, 0.29) is 12.5 Å². The van der Waals surface area contributed by atoms with E-state index >= 15 is 0 Å². The lowest BCUT2D eigenvalue weighted by atomic mass is 10.2. The maximum absolute atomic E-state index is 11.7. The number of rotatable bonds is 7. The second-order valence-electron chi connectivity index (χ2n) is 3.64. The zero-order chi connectivity index (χ0) is 12.5. The summed E-state index contributed by atoms with van der Waals surface area (Å²) in [5.74, 6) is 0.676. The minimum Gasteiger partial charge on any atom is -0.494 e. The standard InChI is InChI=1S/C13H19NO3/c1-2-17-12-7-5-11(6-8-12)13(16)14-9-3-4-10-15/h5-8,15H,2-4,9-10H2,1H3,(H,14,16). The Labute approximate surface area is 102 Å². The van der Waals surface area contributed by atoms with E-state index in [1.807, 2.05) is 6.92 Å². The van der Waals surface area contributed by atoms with Crippen molar-refractivity contribution in [1.82, 2.24) is 5.32 Å². The van der Waals surface area contributed by atoms with Crippen molar-refractivity contribution >= 4 is 5.91 Å². The molecule has 0 spiro atoms. The largest absolute Gasteiger partial charge is 0.494 e. The zero-order valence-electron chi connectivity index (χ0n) is 10.1. The van der Waals surface area contributed by atoms with Gasteiger partial charge in [0.25, 0.3) is 5.91 Å². The predicted molar refractivity (Wildman–Crippen MR) is 66.3 cm³/mol. The SMILES string of the molecule is CCOc1ccc(C(=O)NCCCCO)cc1. The van der Waals surface area contributed by atoms with E-state index in [1.165, 1.54) is 0 Å². The van der Waals surface area contributed by atoms with Gasteiger partial charge in [-0.05, 0) is 44.0 Å². The van der Waals surface area contributed by atoms with Crippen LogP contribution in [0.4, 0.5) is 0 Å². The minimum atomic E-state index is -0.0917. The van der Waals surface area contributed by atoms with Crippen molar-refractivity contribution in [3.8, 4) is 5.75 Å². The van der Waals surface area contributed by atoms with E-state index in [2.05, 4.69) is 5.32 Å². The Kier molecular flexibility index (Phi) is 6.10. The average Bonchev–Trinajstić information content (AvgIpc) is 2.36. The number of amides is 1. The van der Waals surface area contributed by atoms with Crippen LogP contribution in [0.5, 0.6) is 5.75 Å². The van der Waals surface area contributed by atoms with Crippen molar-refractivity contribution in [3.05, 3.63) is 29.8 Å². The van der Waals surface area contributed by atoms with Crippen molar-refractivity contribution < 1.29 is 14.6 Å². The van der Waals surface area contributed by atoms with Crippen LogP contribution in [0.1, 0.15) is 30.1 Å². The molecule has 2 N–H and O–H groups in total. The number of ether oxygens (including phenoxy) is 1. The van der Waals surface area contributed by atoms with Crippen LogP contribution in [0.3, 0.4) is 0 Å². The molecule has 94 valence electrons. The summed E-state index contributed by atoms with van der Waals surface area (Å²) in [5.41, 5.74) is 0.623. The highest BCUT2D eigenvalue weighted by Gasteiger charge is 2.04. The first-order valence-corrected chi connectivity index (χ1v) is 5.90. The van der Waals surface area contributed by atoms with Crippen LogP contribution in [-0.2, 0) is 0 Å². The molecule has 0 unspecified atom stereocenters. The Hall–Kier alpha value is -1.55. The highest BCUT2D eigenvalue weighted by molar-refractivity contribution is 5.94. The maximum Gasteiger partial charge on any atom is 0.251 e. The maximum atomic E-state index is 11.7. The number of hydrogen-bond acceptors (Lipinski definition) is 3. The molecule has 4 heteroatoms. The first kappa shape index (κ1) is 13.5. The van der Waals surface area contributed by atoms with E-state index in [4.69, 9.17) is 9.84 Å². The van der Waals surface area contributed by atoms with Gasteiger partial charge in [0.1, 0.15) is 5.75 Å². The molecule has 0 fully saturated rings. The molecule has 4 nitrogen and oxygen atoms in total. The molecule has 0 saturated carbocycles. The van der Waals surface area contributed by atoms with Crippen molar-refractivity contribution in [3.63, 3.8) is 0 Å². The van der Waals surface area contributed by atoms with E-state index in [1.54, 1.807) is 24.3 Å². The molecule has 0 saturated heterocycles. The summed E-state index contributed by atoms with van der Waals surface area (Å²) in [6.45, 7) is 3.29. The summed E-state index contributed by atoms with van der Waals surface area (Å²) < 4.78 is 5.29. The number of unbranched alkanes of at least 4 members (excludes halogenated alkanes) is 1. The lowest BCUT2D eigenvalue weighted by Crippen LogP contribution is -2.24. The van der Waals surface area contributed by atoms with Crippen LogP contribution >= 0.6 is 0 Å². The molecule has 1 aromatic rings. The van der Waals surface area contributed by atoms with Gasteiger partial charge in [-0.1, -0.05) is 0 Å². The highest BCUT2D eigenvalue weighted by Crippen LogP contribution is 2.11. The molecular weight excluding hydrogens is 218 g/mol. The lowest BCUT2D eigenvalue weighted by Gasteiger charge is -2.06. The van der Waals surface area contributed by atoms with Crippen LogP contribution in [-0.4, -0.2) is 30.8 Å². The van der Waals surface area contributed by atoms with Crippen LogP contribution < -0.4 is 10.1 Å². The Morgan fingerprint density at radius 2 is 2.00 bits per heavy atom. The zero-order valence-corrected chi connectivity index (χ0v) is 10.1. The van der Waals surface area contributed by atoms with E-state index in [9.17, 15) is 4.79 Å². The number of aliphatic hydroxyl groups is 1. The summed E-state index contributed by atoms with van der Waals surface area (Å²) in [6.07, 6.45) is 1.50. The predicted octanol–water partition coefficient (Wildman–Crippen LogP) is 1.59. The van der Waals surface area contributed by atoms with Crippen molar-refractivity contribution in [2.24, 2.45) is 0 Å². The summed E-state index contributed by atoms with van der Waals surface area (Å²) in [6, 6.07) is 7.05. The Bertz CT molecular complexity index is 335. The van der Waals surface area contributed by atoms with Crippen molar-refractivity contribution in [1.29, 1.82) is 0 Å². The van der Waals surface area contributed by atoms with Gasteiger partial charge in [-0.2, -0.15) is 0 Å². The van der Waals surface area contributed by atoms with Gasteiger partial charge in [0.15, 0.2) is 0 Å². The molecule has 0 radical (unpaired) electrons. The number of nitrogens with one attached hydrogen (secondary N) is 1. The van der Waals surface area contributed by atoms with Crippen molar-refractivity contribution in [2.45, 2.75) is 19.8 Å². The third-order valence-electron chi connectivity index (χ3n) is 2.30. The Morgan fingerprint density at radius 3 is 2.59 bits per heavy atom. The summed E-state index contributed by atoms with van der Waals surface area (Å²) in [5, 5.41) is 11.4. The molecule has 0 bridgehead atoms. The van der Waals surface area contributed by atoms with Gasteiger partial charge in [0.05, 0.1) is 6.61 Å². The lowest BCUT2D eigenvalue weighted by molar-refractivity contribution is 0.0952. The smallest absolute Gasteiger partial charge is 0.251 e. The fraction of sp³-hybridized carbons (Fsp3) is 0.462. The van der Waals surface area contributed by atoms with Gasteiger partial charge in [-0.15, -0.1) is 0 Å². The second kappa shape index (κ2) is 7.68. The Morgan fingerprint density at radius 1 is 1.29 bits per heavy atom. The molecule has 0 heterocycles. The highest BCUT2D eigenvalue weighted by atomic mass is 16.5. The first-order valence-electron chi connectivity index (χ1n) is 5.90. The molecule has 0 atom stereocenters. The van der Waals surface area contributed by atoms with Gasteiger partial charge >= 0.3 is 0 Å². The van der Waals surface area contributed by atoms with E-state index in [0.29, 0.717) is 25.1 Å². The number of carbonyl (C=O) groups is 1. The fourth-order valence-corrected chi connectivity index (χ4v) is 1.41. The number of benzene rings is 1. The Balaban J connectivity index is 2.40. The van der Waals surface area contributed by atoms with Gasteiger partial charge in [0.2, 0.25) is 0 Å². The quantitative estimate of drug-likeness (QED) is 0.708. The van der Waals surface area contributed by atoms with Crippen LogP contribution in [0.25, 0.3) is 0 Å². The molecule has 17 heavy (non-hydrogen) atoms. The molecule has 1 aromatic carbocycles.